The van der Waals surface area contributed by atoms with Crippen molar-refractivity contribution in [1.29, 1.82) is 0 Å². The second kappa shape index (κ2) is 4.79. The summed E-state index contributed by atoms with van der Waals surface area (Å²) in [6.45, 7) is 2.71. The molecule has 19 heavy (non-hydrogen) atoms. The number of carbonyl (C=O) groups excluding carboxylic acids is 1. The van der Waals surface area contributed by atoms with E-state index in [0.717, 1.165) is 0 Å². The van der Waals surface area contributed by atoms with Gasteiger partial charge in [0.15, 0.2) is 5.69 Å². The third kappa shape index (κ3) is 3.15. The van der Waals surface area contributed by atoms with Crippen LogP contribution in [0.4, 0.5) is 0 Å². The summed E-state index contributed by atoms with van der Waals surface area (Å²) in [5.41, 5.74) is -0.805. The first kappa shape index (κ1) is 9.66. The van der Waals surface area contributed by atoms with Crippen LogP contribution in [0.25, 0.3) is 5.69 Å². The Labute approximate surface area is 115 Å². The van der Waals surface area contributed by atoms with E-state index in [9.17, 15) is 4.79 Å². The van der Waals surface area contributed by atoms with E-state index in [1.54, 1.807) is 20.8 Å². The molecule has 100 valence electrons. The number of hydrogen-bond acceptors (Lipinski definition) is 5. The standard InChI is InChI=1S/C13H16N4O2/c1-9-5-6-10(17-14-7-8-15-17)11(16-9)12(18)19-13(2,3)4/h5-8H,1-4H3/i1D3. The van der Waals surface area contributed by atoms with Gasteiger partial charge in [-0.3, -0.25) is 0 Å². The highest BCUT2D eigenvalue weighted by Crippen LogP contribution is 2.16. The molecule has 6 heteroatoms. The van der Waals surface area contributed by atoms with E-state index >= 15 is 0 Å². The topological polar surface area (TPSA) is 69.9 Å². The van der Waals surface area contributed by atoms with E-state index in [1.165, 1.54) is 29.3 Å². The van der Waals surface area contributed by atoms with Gasteiger partial charge in [0.25, 0.3) is 0 Å². The minimum absolute atomic E-state index is 0.139. The molecule has 0 amide bonds. The Morgan fingerprint density at radius 1 is 1.32 bits per heavy atom. The van der Waals surface area contributed by atoms with Gasteiger partial charge in [-0.2, -0.15) is 10.2 Å². The number of aryl methyl sites for hydroxylation is 1. The fraction of sp³-hybridized carbons (Fsp3) is 0.385. The normalized spacial score (nSPS) is 14.4. The van der Waals surface area contributed by atoms with E-state index in [1.807, 2.05) is 0 Å². The van der Waals surface area contributed by atoms with E-state index in [0.29, 0.717) is 0 Å². The maximum Gasteiger partial charge on any atom is 0.359 e. The molecule has 6 nitrogen and oxygen atoms in total. The SMILES string of the molecule is [2H]C([2H])([2H])c1ccc(-n2nccn2)c(C(=O)OC(C)(C)C)n1. The molecule has 0 atom stereocenters. The van der Waals surface area contributed by atoms with E-state index in [-0.39, 0.29) is 17.1 Å². The van der Waals surface area contributed by atoms with Crippen molar-refractivity contribution in [3.63, 3.8) is 0 Å². The third-order valence-corrected chi connectivity index (χ3v) is 2.10. The van der Waals surface area contributed by atoms with Gasteiger partial charge in [0.05, 0.1) is 12.4 Å². The summed E-state index contributed by atoms with van der Waals surface area (Å²) in [7, 11) is 0. The van der Waals surface area contributed by atoms with Gasteiger partial charge in [-0.1, -0.05) is 0 Å². The second-order valence-corrected chi connectivity index (χ2v) is 4.88. The molecule has 0 saturated carbocycles. The molecule has 2 aromatic rings. The molecule has 0 aliphatic rings. The van der Waals surface area contributed by atoms with Crippen LogP contribution >= 0.6 is 0 Å². The van der Waals surface area contributed by atoms with Crippen LogP contribution in [0.3, 0.4) is 0 Å². The number of aromatic nitrogens is 4. The monoisotopic (exact) mass is 263 g/mol. The van der Waals surface area contributed by atoms with E-state index in [4.69, 9.17) is 8.85 Å². The van der Waals surface area contributed by atoms with Gasteiger partial charge in [0, 0.05) is 9.81 Å². The summed E-state index contributed by atoms with van der Waals surface area (Å²) in [6.07, 6.45) is 2.88. The van der Waals surface area contributed by atoms with Crippen LogP contribution in [0, 0.1) is 6.85 Å². The highest BCUT2D eigenvalue weighted by Gasteiger charge is 2.23. The number of ether oxygens (including phenoxy) is 1. The molecule has 0 radical (unpaired) electrons. The summed E-state index contributed by atoms with van der Waals surface area (Å²) in [5.74, 6) is -0.731. The Balaban J connectivity index is 2.53. The van der Waals surface area contributed by atoms with Gasteiger partial charge in [-0.05, 0) is 39.8 Å². The molecular weight excluding hydrogens is 244 g/mol. The zero-order valence-electron chi connectivity index (χ0n) is 13.9. The molecule has 0 bridgehead atoms. The van der Waals surface area contributed by atoms with Crippen molar-refractivity contribution in [2.45, 2.75) is 33.2 Å². The predicted octanol–water partition coefficient (Wildman–Crippen LogP) is 1.93. The maximum absolute atomic E-state index is 12.3. The van der Waals surface area contributed by atoms with Crippen LogP contribution < -0.4 is 0 Å². The fourth-order valence-corrected chi connectivity index (χ4v) is 1.43. The first-order valence-corrected chi connectivity index (χ1v) is 5.69. The van der Waals surface area contributed by atoms with Crippen LogP contribution in [0.1, 0.15) is 41.1 Å². The van der Waals surface area contributed by atoms with Crippen molar-refractivity contribution in [3.05, 3.63) is 35.9 Å². The summed E-state index contributed by atoms with van der Waals surface area (Å²) in [6, 6.07) is 2.76. The van der Waals surface area contributed by atoms with Gasteiger partial charge in [-0.25, -0.2) is 9.78 Å². The van der Waals surface area contributed by atoms with E-state index in [2.05, 4.69) is 15.2 Å². The Hall–Kier alpha value is -2.24. The Morgan fingerprint density at radius 2 is 2.00 bits per heavy atom. The van der Waals surface area contributed by atoms with Gasteiger partial charge in [-0.15, -0.1) is 4.80 Å². The molecular formula is C13H16N4O2. The predicted molar refractivity (Wildman–Crippen MR) is 69.1 cm³/mol. The van der Waals surface area contributed by atoms with Gasteiger partial charge < -0.3 is 4.74 Å². The Bertz CT molecular complexity index is 676. The zero-order chi connectivity index (χ0) is 16.5. The number of carbonyl (C=O) groups is 1. The van der Waals surface area contributed by atoms with Gasteiger partial charge in [0.1, 0.15) is 11.3 Å². The lowest BCUT2D eigenvalue weighted by Crippen LogP contribution is -2.25. The molecule has 2 aromatic heterocycles. The molecule has 0 unspecified atom stereocenters. The van der Waals surface area contributed by atoms with Crippen LogP contribution in [-0.2, 0) is 4.74 Å². The molecule has 0 saturated heterocycles. The molecule has 0 aromatic carbocycles. The van der Waals surface area contributed by atoms with Crippen molar-refractivity contribution < 1.29 is 13.6 Å². The summed E-state index contributed by atoms with van der Waals surface area (Å²) >= 11 is 0. The van der Waals surface area contributed by atoms with Crippen LogP contribution in [0.2, 0.25) is 0 Å². The van der Waals surface area contributed by atoms with Crippen molar-refractivity contribution in [2.75, 3.05) is 0 Å². The van der Waals surface area contributed by atoms with E-state index < -0.39 is 18.4 Å². The molecule has 0 aliphatic heterocycles. The molecule has 0 fully saturated rings. The molecule has 2 rings (SSSR count). The minimum Gasteiger partial charge on any atom is -0.455 e. The van der Waals surface area contributed by atoms with Crippen molar-refractivity contribution >= 4 is 5.97 Å². The average molecular weight is 263 g/mol. The summed E-state index contributed by atoms with van der Waals surface area (Å²) < 4.78 is 27.5. The molecule has 0 spiro atoms. The number of nitrogens with zero attached hydrogens (tertiary/aromatic N) is 4. The largest absolute Gasteiger partial charge is 0.455 e. The van der Waals surface area contributed by atoms with Crippen LogP contribution in [0.15, 0.2) is 24.5 Å². The molecule has 0 aliphatic carbocycles. The Kier molecular flexibility index (Phi) is 2.44. The molecule has 0 N–H and O–H groups in total. The van der Waals surface area contributed by atoms with Crippen LogP contribution in [-0.4, -0.2) is 31.5 Å². The van der Waals surface area contributed by atoms with Crippen molar-refractivity contribution in [2.24, 2.45) is 0 Å². The Morgan fingerprint density at radius 3 is 2.58 bits per heavy atom. The summed E-state index contributed by atoms with van der Waals surface area (Å²) in [5, 5.41) is 7.87. The molecule has 2 heterocycles. The second-order valence-electron chi connectivity index (χ2n) is 4.88. The smallest absolute Gasteiger partial charge is 0.359 e. The number of rotatable bonds is 2. The van der Waals surface area contributed by atoms with Gasteiger partial charge in [0.2, 0.25) is 0 Å². The number of esters is 1. The maximum atomic E-state index is 12.3. The highest BCUT2D eigenvalue weighted by atomic mass is 16.6. The number of pyridine rings is 1. The third-order valence-electron chi connectivity index (χ3n) is 2.10. The van der Waals surface area contributed by atoms with Gasteiger partial charge >= 0.3 is 5.97 Å². The minimum atomic E-state index is -2.42. The average Bonchev–Trinajstić information content (AvgIpc) is 2.88. The zero-order valence-corrected chi connectivity index (χ0v) is 10.9. The first-order chi connectivity index (χ1) is 10.1. The van der Waals surface area contributed by atoms with Crippen molar-refractivity contribution in [1.82, 2.24) is 20.0 Å². The lowest BCUT2D eigenvalue weighted by Gasteiger charge is -2.20. The fourth-order valence-electron chi connectivity index (χ4n) is 1.43. The van der Waals surface area contributed by atoms with Crippen molar-refractivity contribution in [3.8, 4) is 5.69 Å². The lowest BCUT2D eigenvalue weighted by molar-refractivity contribution is 0.00623. The summed E-state index contributed by atoms with van der Waals surface area (Å²) in [4.78, 5) is 17.5. The first-order valence-electron chi connectivity index (χ1n) is 7.19. The quantitative estimate of drug-likeness (QED) is 0.774. The van der Waals surface area contributed by atoms with Crippen LogP contribution in [0.5, 0.6) is 0 Å². The highest BCUT2D eigenvalue weighted by molar-refractivity contribution is 5.91. The number of hydrogen-bond donors (Lipinski definition) is 0. The lowest BCUT2D eigenvalue weighted by atomic mass is 10.2.